The minimum absolute atomic E-state index is 0.0932. The summed E-state index contributed by atoms with van der Waals surface area (Å²) >= 11 is 12.3. The van der Waals surface area contributed by atoms with E-state index in [4.69, 9.17) is 23.2 Å². The Morgan fingerprint density at radius 2 is 1.77 bits per heavy atom. The highest BCUT2D eigenvalue weighted by atomic mass is 35.5. The maximum Gasteiger partial charge on any atom is 0.254 e. The molecule has 0 saturated carbocycles. The molecule has 2 saturated heterocycles. The fraction of sp³-hybridized carbons (Fsp3) is 0.429. The van der Waals surface area contributed by atoms with Crippen LogP contribution in [0.15, 0.2) is 54.7 Å². The van der Waals surface area contributed by atoms with Crippen molar-refractivity contribution in [2.24, 2.45) is 11.8 Å². The van der Waals surface area contributed by atoms with E-state index < -0.39 is 0 Å². The number of pyridine rings is 1. The van der Waals surface area contributed by atoms with Crippen LogP contribution >= 0.6 is 23.2 Å². The number of benzene rings is 2. The number of carbonyl (C=O) groups is 1. The van der Waals surface area contributed by atoms with Gasteiger partial charge in [-0.15, -0.1) is 0 Å². The van der Waals surface area contributed by atoms with Crippen LogP contribution in [-0.4, -0.2) is 64.6 Å². The molecule has 1 N–H and O–H groups in total. The molecular weight excluding hydrogens is 481 g/mol. The van der Waals surface area contributed by atoms with Crippen molar-refractivity contribution in [1.82, 2.24) is 14.8 Å². The molecule has 2 aromatic carbocycles. The molecule has 3 aromatic rings. The Kier molecular flexibility index (Phi) is 7.59. The van der Waals surface area contributed by atoms with Gasteiger partial charge >= 0.3 is 0 Å². The zero-order valence-corrected chi connectivity index (χ0v) is 21.3. The number of aliphatic hydroxyl groups excluding tert-OH is 1. The molecule has 2 atom stereocenters. The van der Waals surface area contributed by atoms with E-state index in [1.807, 2.05) is 53.4 Å². The van der Waals surface area contributed by atoms with E-state index in [9.17, 15) is 9.90 Å². The number of hydrogen-bond acceptors (Lipinski definition) is 4. The number of aromatic nitrogens is 1. The Morgan fingerprint density at radius 1 is 0.971 bits per heavy atom. The molecule has 35 heavy (non-hydrogen) atoms. The quantitative estimate of drug-likeness (QED) is 0.503. The van der Waals surface area contributed by atoms with Crippen LogP contribution in [0.2, 0.25) is 10.0 Å². The van der Waals surface area contributed by atoms with Crippen molar-refractivity contribution >= 4 is 40.0 Å². The van der Waals surface area contributed by atoms with Gasteiger partial charge in [0.1, 0.15) is 0 Å². The maximum absolute atomic E-state index is 13.3. The Morgan fingerprint density at radius 3 is 2.54 bits per heavy atom. The Hall–Kier alpha value is -2.18. The smallest absolute Gasteiger partial charge is 0.254 e. The minimum Gasteiger partial charge on any atom is -0.396 e. The first-order chi connectivity index (χ1) is 17.0. The van der Waals surface area contributed by atoms with Gasteiger partial charge in [0.2, 0.25) is 0 Å². The summed E-state index contributed by atoms with van der Waals surface area (Å²) in [5.74, 6) is 0.756. The molecule has 5 rings (SSSR count). The summed E-state index contributed by atoms with van der Waals surface area (Å²) in [6.07, 6.45) is 5.60. The second-order valence-corrected chi connectivity index (χ2v) is 10.7. The lowest BCUT2D eigenvalue weighted by Gasteiger charge is -2.44. The van der Waals surface area contributed by atoms with Crippen LogP contribution in [0.4, 0.5) is 0 Å². The number of nitrogens with zero attached hydrogens (tertiary/aromatic N) is 3. The number of carbonyl (C=O) groups excluding carboxylic acids is 1. The van der Waals surface area contributed by atoms with Crippen LogP contribution in [0.1, 0.15) is 35.2 Å². The number of aliphatic hydroxyl groups is 1. The van der Waals surface area contributed by atoms with E-state index in [1.165, 1.54) is 5.56 Å². The summed E-state index contributed by atoms with van der Waals surface area (Å²) in [6.45, 7) is 3.63. The summed E-state index contributed by atoms with van der Waals surface area (Å²) in [4.78, 5) is 22.2. The highest BCUT2D eigenvalue weighted by molar-refractivity contribution is 6.42. The van der Waals surface area contributed by atoms with Gasteiger partial charge in [-0.25, -0.2) is 0 Å². The molecule has 0 bridgehead atoms. The summed E-state index contributed by atoms with van der Waals surface area (Å²) in [5, 5.41) is 12.2. The fourth-order valence-electron chi connectivity index (χ4n) is 5.77. The zero-order valence-electron chi connectivity index (χ0n) is 19.7. The molecule has 1 amide bonds. The second-order valence-electron chi connectivity index (χ2n) is 9.84. The number of fused-ring (bicyclic) bond motifs is 1. The number of rotatable bonds is 5. The van der Waals surface area contributed by atoms with Crippen LogP contribution in [0, 0.1) is 11.8 Å². The van der Waals surface area contributed by atoms with E-state index >= 15 is 0 Å². The normalized spacial score (nSPS) is 22.0. The third-order valence-electron chi connectivity index (χ3n) is 7.79. The number of likely N-dealkylation sites (tertiary alicyclic amines) is 2. The van der Waals surface area contributed by atoms with E-state index in [-0.39, 0.29) is 18.4 Å². The molecule has 0 aliphatic carbocycles. The van der Waals surface area contributed by atoms with Gasteiger partial charge < -0.3 is 10.0 Å². The number of hydrogen-bond donors (Lipinski definition) is 1. The van der Waals surface area contributed by atoms with Crippen molar-refractivity contribution in [2.75, 3.05) is 32.8 Å². The third-order valence-corrected chi connectivity index (χ3v) is 8.53. The SMILES string of the molecule is O=C(c1ccnc2ccccc12)N1CCC(N2CC[C@H](Cc3ccc(Cl)c(Cl)c3)[C@H](CO)C2)CC1. The molecule has 184 valence electrons. The molecule has 5 nitrogen and oxygen atoms in total. The van der Waals surface area contributed by atoms with Crippen molar-refractivity contribution < 1.29 is 9.90 Å². The molecule has 2 fully saturated rings. The molecule has 0 spiro atoms. The van der Waals surface area contributed by atoms with E-state index in [1.54, 1.807) is 6.20 Å². The van der Waals surface area contributed by atoms with Crippen molar-refractivity contribution in [2.45, 2.75) is 31.7 Å². The topological polar surface area (TPSA) is 56.7 Å². The van der Waals surface area contributed by atoms with Crippen LogP contribution in [0.25, 0.3) is 10.9 Å². The largest absolute Gasteiger partial charge is 0.396 e. The zero-order chi connectivity index (χ0) is 24.4. The summed E-state index contributed by atoms with van der Waals surface area (Å²) in [6, 6.07) is 15.9. The number of piperidine rings is 2. The van der Waals surface area contributed by atoms with Gasteiger partial charge in [0.25, 0.3) is 5.91 Å². The Bertz CT molecular complexity index is 1190. The number of halogens is 2. The summed E-state index contributed by atoms with van der Waals surface area (Å²) in [5.41, 5.74) is 2.76. The molecule has 2 aliphatic heterocycles. The van der Waals surface area contributed by atoms with Crippen molar-refractivity contribution in [3.05, 3.63) is 75.9 Å². The van der Waals surface area contributed by atoms with Crippen LogP contribution in [0.5, 0.6) is 0 Å². The van der Waals surface area contributed by atoms with E-state index in [0.717, 1.165) is 68.3 Å². The summed E-state index contributed by atoms with van der Waals surface area (Å²) in [7, 11) is 0. The van der Waals surface area contributed by atoms with Crippen LogP contribution in [0.3, 0.4) is 0 Å². The fourth-order valence-corrected chi connectivity index (χ4v) is 6.09. The monoisotopic (exact) mass is 511 g/mol. The summed E-state index contributed by atoms with van der Waals surface area (Å²) < 4.78 is 0. The van der Waals surface area contributed by atoms with Crippen LogP contribution in [-0.2, 0) is 6.42 Å². The first-order valence-corrected chi connectivity index (χ1v) is 13.2. The molecule has 7 heteroatoms. The van der Waals surface area contributed by atoms with Crippen molar-refractivity contribution in [1.29, 1.82) is 0 Å². The molecule has 3 heterocycles. The lowest BCUT2D eigenvalue weighted by atomic mass is 9.80. The standard InChI is InChI=1S/C28H31Cl2N3O2/c29-25-6-5-19(16-26(25)30)15-20-8-12-33(17-21(20)18-34)22-9-13-32(14-10-22)28(35)24-7-11-31-27-4-2-1-3-23(24)27/h1-7,11,16,20-22,34H,8-10,12-15,17-18H2/t20-,21+/m1/s1. The van der Waals surface area contributed by atoms with E-state index in [2.05, 4.69) is 9.88 Å². The van der Waals surface area contributed by atoms with Gasteiger partial charge in [-0.2, -0.15) is 0 Å². The van der Waals surface area contributed by atoms with Crippen LogP contribution < -0.4 is 0 Å². The first-order valence-electron chi connectivity index (χ1n) is 12.5. The Balaban J connectivity index is 1.18. The lowest BCUT2D eigenvalue weighted by molar-refractivity contribution is 0.0242. The number of amides is 1. The highest BCUT2D eigenvalue weighted by Gasteiger charge is 2.34. The average Bonchev–Trinajstić information content (AvgIpc) is 2.90. The van der Waals surface area contributed by atoms with Crippen molar-refractivity contribution in [3.8, 4) is 0 Å². The predicted octanol–water partition coefficient (Wildman–Crippen LogP) is 5.32. The minimum atomic E-state index is 0.0932. The Labute approximate surface area is 216 Å². The van der Waals surface area contributed by atoms with Gasteiger partial charge in [-0.05, 0) is 73.9 Å². The predicted molar refractivity (Wildman–Crippen MR) is 141 cm³/mol. The molecule has 0 unspecified atom stereocenters. The third kappa shape index (κ3) is 5.34. The van der Waals surface area contributed by atoms with Gasteiger partial charge in [0.15, 0.2) is 0 Å². The van der Waals surface area contributed by atoms with E-state index in [0.29, 0.717) is 22.0 Å². The highest BCUT2D eigenvalue weighted by Crippen LogP contribution is 2.32. The van der Waals surface area contributed by atoms with Gasteiger partial charge in [-0.1, -0.05) is 47.5 Å². The van der Waals surface area contributed by atoms with Crippen molar-refractivity contribution in [3.63, 3.8) is 0 Å². The van der Waals surface area contributed by atoms with Gasteiger partial charge in [0.05, 0.1) is 21.1 Å². The first kappa shape index (κ1) is 24.5. The second kappa shape index (κ2) is 10.8. The maximum atomic E-state index is 13.3. The molecular formula is C28H31Cl2N3O2. The van der Waals surface area contributed by atoms with Gasteiger partial charge in [-0.3, -0.25) is 14.7 Å². The number of para-hydroxylation sites is 1. The van der Waals surface area contributed by atoms with Gasteiger partial charge in [0, 0.05) is 43.9 Å². The average molecular weight is 512 g/mol. The lowest BCUT2D eigenvalue weighted by Crippen LogP contribution is -2.52. The molecule has 1 aromatic heterocycles. The molecule has 0 radical (unpaired) electrons. The molecule has 2 aliphatic rings.